The van der Waals surface area contributed by atoms with Crippen molar-refractivity contribution in [1.82, 2.24) is 9.13 Å². The summed E-state index contributed by atoms with van der Waals surface area (Å²) in [4.78, 5) is 0. The predicted octanol–water partition coefficient (Wildman–Crippen LogP) is 6.79. The lowest BCUT2D eigenvalue weighted by molar-refractivity contribution is -0.517. The van der Waals surface area contributed by atoms with E-state index >= 15 is 0 Å². The minimum Gasteiger partial charge on any atom is -0.671 e. The Labute approximate surface area is 335 Å². The molecule has 8 aromatic carbocycles. The van der Waals surface area contributed by atoms with Crippen LogP contribution in [0.3, 0.4) is 0 Å². The zero-order chi connectivity index (χ0) is 38.0. The van der Waals surface area contributed by atoms with Crippen LogP contribution < -0.4 is 40.1 Å². The molecule has 10 aromatic rings. The van der Waals surface area contributed by atoms with Gasteiger partial charge < -0.3 is 18.3 Å². The van der Waals surface area contributed by atoms with E-state index in [1.807, 2.05) is 0 Å². The third-order valence-electron chi connectivity index (χ3n) is 12.9. The molecule has 58 heavy (non-hydrogen) atoms. The van der Waals surface area contributed by atoms with Crippen molar-refractivity contribution in [2.45, 2.75) is 0 Å². The van der Waals surface area contributed by atoms with Crippen LogP contribution >= 0.6 is 0 Å². The summed E-state index contributed by atoms with van der Waals surface area (Å²) in [7, 11) is 0. The Morgan fingerprint density at radius 2 is 0.655 bits per heavy atom. The molecule has 0 fully saturated rings. The van der Waals surface area contributed by atoms with Gasteiger partial charge in [-0.1, -0.05) is 133 Å². The first-order valence-corrected chi connectivity index (χ1v) is 20.1. The Morgan fingerprint density at radius 3 is 1.07 bits per heavy atom. The summed E-state index contributed by atoms with van der Waals surface area (Å²) >= 11 is 0. The molecule has 13 rings (SSSR count). The molecule has 6 nitrogen and oxygen atoms in total. The van der Waals surface area contributed by atoms with E-state index < -0.39 is 13.0 Å². The number of hydrogen-bond acceptors (Lipinski definition) is 2. The Kier molecular flexibility index (Phi) is 6.27. The topological polar surface area (TPSA) is 36.1 Å². The maximum absolute atomic E-state index is 7.80. The van der Waals surface area contributed by atoms with Gasteiger partial charge in [0.05, 0.1) is 22.6 Å². The number of benzene rings is 8. The van der Waals surface area contributed by atoms with E-state index in [1.54, 1.807) is 0 Å². The molecule has 272 valence electrons. The first kappa shape index (κ1) is 31.6. The highest BCUT2D eigenvalue weighted by Crippen LogP contribution is 2.41. The average molecular weight is 744 g/mol. The number of rotatable bonds is 2. The van der Waals surface area contributed by atoms with Crippen LogP contribution in [0.25, 0.3) is 56.2 Å². The van der Waals surface area contributed by atoms with Crippen LogP contribution in [0.2, 0.25) is 0 Å². The summed E-state index contributed by atoms with van der Waals surface area (Å²) < 4.78 is 25.5. The predicted molar refractivity (Wildman–Crippen MR) is 233 cm³/mol. The average Bonchev–Trinajstić information content (AvgIpc) is 3.84. The fraction of sp³-hybridized carbons (Fsp3) is 0. The second-order valence-electron chi connectivity index (χ2n) is 15.7. The molecule has 8 heteroatoms. The van der Waals surface area contributed by atoms with Gasteiger partial charge in [0.2, 0.25) is 0 Å². The van der Waals surface area contributed by atoms with E-state index in [0.717, 1.165) is 89.6 Å². The molecular weight excluding hydrogens is 710 g/mol. The molecule has 0 unspecified atom stereocenters. The number of aromatic nitrogens is 4. The fourth-order valence-electron chi connectivity index (χ4n) is 10.9. The first-order chi connectivity index (χ1) is 28.8. The van der Waals surface area contributed by atoms with Crippen LogP contribution in [-0.2, 0) is 0 Å². The van der Waals surface area contributed by atoms with Gasteiger partial charge in [-0.15, -0.1) is 21.9 Å². The van der Waals surface area contributed by atoms with Gasteiger partial charge in [0.15, 0.2) is 11.0 Å². The Bertz CT molecular complexity index is 3050. The molecule has 2 spiro atoms. The largest absolute Gasteiger partial charge is 0.671 e. The molecule has 0 radical (unpaired) electrons. The molecule has 0 saturated carbocycles. The van der Waals surface area contributed by atoms with Crippen molar-refractivity contribution in [1.29, 1.82) is 0 Å². The van der Waals surface area contributed by atoms with Crippen molar-refractivity contribution < 1.29 is 18.3 Å². The third-order valence-corrected chi connectivity index (χ3v) is 12.9. The summed E-state index contributed by atoms with van der Waals surface area (Å²) in [6, 6.07) is 73.7. The van der Waals surface area contributed by atoms with Crippen LogP contribution in [0.15, 0.2) is 206 Å². The van der Waals surface area contributed by atoms with Gasteiger partial charge in [0.1, 0.15) is 22.4 Å². The van der Waals surface area contributed by atoms with E-state index in [-0.39, 0.29) is 0 Å². The van der Waals surface area contributed by atoms with Crippen molar-refractivity contribution in [3.63, 3.8) is 0 Å². The standard InChI is InChI=1S/C50H34B2N4O2/c1-3-19-35(20-4-1)53-43-29-13-15-31-45(43)55-49(53)37-23-7-17-33-47(37)57-51(55)39-25-9-11-27-41(39)52(42-28-12-10-26-40(42)51)56-46-32-16-14-30-44(46)54(36-21-5-2-6-22-36)50(56)38-24-8-18-34-48(38)58-52/h1-34H. The van der Waals surface area contributed by atoms with E-state index in [1.165, 1.54) is 0 Å². The Hall–Kier alpha value is -7.57. The van der Waals surface area contributed by atoms with Crippen LogP contribution in [0.4, 0.5) is 0 Å². The normalized spacial score (nSPS) is 18.1. The Balaban J connectivity index is 1.22. The highest BCUT2D eigenvalue weighted by atomic mass is 16.5. The first-order valence-electron chi connectivity index (χ1n) is 20.1. The van der Waals surface area contributed by atoms with Crippen LogP contribution in [-0.4, -0.2) is 22.1 Å². The van der Waals surface area contributed by atoms with Gasteiger partial charge in [-0.05, 0) is 72.8 Å². The van der Waals surface area contributed by atoms with Gasteiger partial charge >= 0.3 is 13.0 Å². The monoisotopic (exact) mass is 744 g/mol. The second-order valence-corrected chi connectivity index (χ2v) is 15.7. The highest BCUT2D eigenvalue weighted by Gasteiger charge is 2.60. The Morgan fingerprint density at radius 1 is 0.328 bits per heavy atom. The minimum absolute atomic E-state index is 0.847. The quantitative estimate of drug-likeness (QED) is 0.183. The zero-order valence-electron chi connectivity index (χ0n) is 31.4. The van der Waals surface area contributed by atoms with Crippen LogP contribution in [0.1, 0.15) is 0 Å². The van der Waals surface area contributed by atoms with E-state index in [0.29, 0.717) is 0 Å². The molecule has 0 N–H and O–H groups in total. The second kappa shape index (κ2) is 11.5. The van der Waals surface area contributed by atoms with Gasteiger partial charge in [0, 0.05) is 0 Å². The summed E-state index contributed by atoms with van der Waals surface area (Å²) in [6.07, 6.45) is 0. The van der Waals surface area contributed by atoms with E-state index in [4.69, 9.17) is 9.31 Å². The lowest BCUT2D eigenvalue weighted by atomic mass is 9.23. The summed E-state index contributed by atoms with van der Waals surface area (Å²) in [5, 5.41) is 0. The highest BCUT2D eigenvalue weighted by molar-refractivity contribution is 7.08. The summed E-state index contributed by atoms with van der Waals surface area (Å²) in [5.74, 6) is 3.84. The molecule has 3 aliphatic heterocycles. The maximum atomic E-state index is 7.80. The zero-order valence-corrected chi connectivity index (χ0v) is 31.4. The van der Waals surface area contributed by atoms with Crippen molar-refractivity contribution in [3.05, 3.63) is 206 Å². The molecule has 0 amide bonds. The van der Waals surface area contributed by atoms with Crippen LogP contribution in [0.5, 0.6) is 11.5 Å². The smallest absolute Gasteiger partial charge is 0.418 e. The number of fused-ring (bicyclic) bond motifs is 18. The van der Waals surface area contributed by atoms with Gasteiger partial charge in [-0.25, -0.2) is 0 Å². The molecule has 2 aromatic heterocycles. The van der Waals surface area contributed by atoms with Crippen molar-refractivity contribution in [2.75, 3.05) is 0 Å². The van der Waals surface area contributed by atoms with Gasteiger partial charge in [-0.3, -0.25) is 0 Å². The summed E-state index contributed by atoms with van der Waals surface area (Å²) in [5.41, 5.74) is 13.0. The molecule has 0 atom stereocenters. The lowest BCUT2D eigenvalue weighted by Gasteiger charge is -2.56. The van der Waals surface area contributed by atoms with Crippen molar-refractivity contribution in [2.24, 2.45) is 0 Å². The fourth-order valence-corrected chi connectivity index (χ4v) is 10.9. The third kappa shape index (κ3) is 3.84. The lowest BCUT2D eigenvalue weighted by Crippen LogP contribution is -2.99. The van der Waals surface area contributed by atoms with Gasteiger partial charge in [-0.2, -0.15) is 9.13 Å². The molecule has 5 heterocycles. The SMILES string of the molecule is c1ccc(-n2c3[n+](c4ccccc42)[B-]2(Oc4ccccc4-3)c3ccccc3[B-]3(Oc4ccccc4-c4n(-c5ccccc5)c5ccccc5[n+]43)c3ccccc32)cc1. The van der Waals surface area contributed by atoms with E-state index in [2.05, 4.69) is 224 Å². The number of nitrogens with zero attached hydrogens (tertiary/aromatic N) is 4. The molecule has 0 bridgehead atoms. The minimum atomic E-state index is -2.19. The molecule has 0 aliphatic carbocycles. The maximum Gasteiger partial charge on any atom is 0.418 e. The number of imidazole rings is 2. The van der Waals surface area contributed by atoms with Crippen LogP contribution in [0, 0.1) is 0 Å². The van der Waals surface area contributed by atoms with Crippen molar-refractivity contribution >= 4 is 56.9 Å². The summed E-state index contributed by atoms with van der Waals surface area (Å²) in [6.45, 7) is -4.38. The molecular formula is C50H34B2N4O2. The molecule has 3 aliphatic rings. The number of para-hydroxylation sites is 8. The molecule has 0 saturated heterocycles. The van der Waals surface area contributed by atoms with Gasteiger partial charge in [0.25, 0.3) is 11.6 Å². The van der Waals surface area contributed by atoms with Crippen molar-refractivity contribution in [3.8, 4) is 45.6 Å². The number of hydrogen-bond donors (Lipinski definition) is 0. The van der Waals surface area contributed by atoms with E-state index in [9.17, 15) is 0 Å².